The first-order valence-corrected chi connectivity index (χ1v) is 6.52. The van der Waals surface area contributed by atoms with Crippen molar-refractivity contribution in [1.82, 2.24) is 5.32 Å². The van der Waals surface area contributed by atoms with Crippen LogP contribution in [0.3, 0.4) is 0 Å². The molecule has 78 valence electrons. The minimum absolute atomic E-state index is 0.796. The van der Waals surface area contributed by atoms with Crippen LogP contribution in [0.1, 0.15) is 31.1 Å². The molecule has 0 amide bonds. The topological polar surface area (TPSA) is 12.0 Å². The molecule has 0 aliphatic heterocycles. The molecule has 1 N–H and O–H groups in total. The Labute approximate surface area is 90.5 Å². The van der Waals surface area contributed by atoms with Crippen molar-refractivity contribution in [1.29, 1.82) is 0 Å². The molecule has 1 nitrogen and oxygen atoms in total. The van der Waals surface area contributed by atoms with Crippen molar-refractivity contribution in [3.8, 4) is 0 Å². The van der Waals surface area contributed by atoms with E-state index in [4.69, 9.17) is 0 Å². The van der Waals surface area contributed by atoms with Crippen molar-refractivity contribution < 1.29 is 0 Å². The van der Waals surface area contributed by atoms with Crippen LogP contribution >= 0.6 is 11.3 Å². The third kappa shape index (κ3) is 2.58. The maximum atomic E-state index is 3.56. The molecule has 0 saturated heterocycles. The summed E-state index contributed by atoms with van der Waals surface area (Å²) in [5.41, 5.74) is 0. The fraction of sp³-hybridized carbons (Fsp3) is 0.667. The molecular formula is C12H19NS. The quantitative estimate of drug-likeness (QED) is 0.803. The summed E-state index contributed by atoms with van der Waals surface area (Å²) >= 11 is 1.90. The second kappa shape index (κ2) is 4.94. The van der Waals surface area contributed by atoms with E-state index in [0.29, 0.717) is 0 Å². The van der Waals surface area contributed by atoms with Crippen LogP contribution < -0.4 is 5.32 Å². The normalized spacial score (nSPS) is 26.9. The SMILES string of the molecule is CCNC1CCC(Cc2cccs2)C1. The third-order valence-electron chi connectivity index (χ3n) is 3.10. The Bertz CT molecular complexity index is 255. The molecule has 0 radical (unpaired) electrons. The van der Waals surface area contributed by atoms with Gasteiger partial charge in [0.1, 0.15) is 0 Å². The first-order valence-electron chi connectivity index (χ1n) is 5.64. The summed E-state index contributed by atoms with van der Waals surface area (Å²) in [6, 6.07) is 5.23. The van der Waals surface area contributed by atoms with Crippen LogP contribution in [-0.2, 0) is 6.42 Å². The Kier molecular flexibility index (Phi) is 3.60. The van der Waals surface area contributed by atoms with Crippen molar-refractivity contribution in [3.05, 3.63) is 22.4 Å². The van der Waals surface area contributed by atoms with Crippen molar-refractivity contribution in [3.63, 3.8) is 0 Å². The van der Waals surface area contributed by atoms with Gasteiger partial charge < -0.3 is 5.32 Å². The second-order valence-corrected chi connectivity index (χ2v) is 5.25. The predicted molar refractivity (Wildman–Crippen MR) is 62.8 cm³/mol. The Morgan fingerprint density at radius 1 is 1.50 bits per heavy atom. The molecule has 1 aliphatic carbocycles. The number of hydrogen-bond acceptors (Lipinski definition) is 2. The van der Waals surface area contributed by atoms with E-state index in [-0.39, 0.29) is 0 Å². The lowest BCUT2D eigenvalue weighted by Crippen LogP contribution is -2.25. The molecule has 0 aromatic carbocycles. The number of thiophene rings is 1. The highest BCUT2D eigenvalue weighted by molar-refractivity contribution is 7.09. The van der Waals surface area contributed by atoms with Crippen LogP contribution in [0.25, 0.3) is 0 Å². The molecular weight excluding hydrogens is 190 g/mol. The molecule has 0 spiro atoms. The number of hydrogen-bond donors (Lipinski definition) is 1. The molecule has 2 rings (SSSR count). The van der Waals surface area contributed by atoms with E-state index in [9.17, 15) is 0 Å². The van der Waals surface area contributed by atoms with Crippen molar-refractivity contribution in [2.75, 3.05) is 6.54 Å². The molecule has 2 heteroatoms. The van der Waals surface area contributed by atoms with Crippen molar-refractivity contribution >= 4 is 11.3 Å². The van der Waals surface area contributed by atoms with Gasteiger partial charge in [-0.05, 0) is 49.6 Å². The average molecular weight is 209 g/mol. The maximum Gasteiger partial charge on any atom is 0.00698 e. The molecule has 1 aromatic heterocycles. The molecule has 1 aliphatic rings. The summed E-state index contributed by atoms with van der Waals surface area (Å²) in [5.74, 6) is 0.928. The van der Waals surface area contributed by atoms with Gasteiger partial charge in [-0.3, -0.25) is 0 Å². The second-order valence-electron chi connectivity index (χ2n) is 4.22. The summed E-state index contributed by atoms with van der Waals surface area (Å²) in [5, 5.41) is 5.74. The zero-order valence-electron chi connectivity index (χ0n) is 8.83. The predicted octanol–water partition coefficient (Wildman–Crippen LogP) is 3.07. The monoisotopic (exact) mass is 209 g/mol. The van der Waals surface area contributed by atoms with Gasteiger partial charge in [-0.25, -0.2) is 0 Å². The zero-order valence-corrected chi connectivity index (χ0v) is 9.65. The molecule has 1 saturated carbocycles. The molecule has 2 unspecified atom stereocenters. The summed E-state index contributed by atoms with van der Waals surface area (Å²) in [7, 11) is 0. The fourth-order valence-corrected chi connectivity index (χ4v) is 3.27. The Balaban J connectivity index is 1.79. The first kappa shape index (κ1) is 10.2. The highest BCUT2D eigenvalue weighted by Crippen LogP contribution is 2.29. The minimum atomic E-state index is 0.796. The molecule has 1 aromatic rings. The van der Waals surface area contributed by atoms with Crippen LogP contribution in [-0.4, -0.2) is 12.6 Å². The van der Waals surface area contributed by atoms with Gasteiger partial charge in [-0.2, -0.15) is 0 Å². The van der Waals surface area contributed by atoms with Crippen molar-refractivity contribution in [2.45, 2.75) is 38.6 Å². The zero-order chi connectivity index (χ0) is 9.80. The van der Waals surface area contributed by atoms with Crippen LogP contribution in [0.2, 0.25) is 0 Å². The molecule has 2 atom stereocenters. The Morgan fingerprint density at radius 2 is 2.43 bits per heavy atom. The minimum Gasteiger partial charge on any atom is -0.314 e. The average Bonchev–Trinajstić information content (AvgIpc) is 2.79. The van der Waals surface area contributed by atoms with Gasteiger partial charge in [-0.1, -0.05) is 13.0 Å². The van der Waals surface area contributed by atoms with Crippen molar-refractivity contribution in [2.24, 2.45) is 5.92 Å². The largest absolute Gasteiger partial charge is 0.314 e. The molecule has 1 fully saturated rings. The summed E-state index contributed by atoms with van der Waals surface area (Å²) in [6.45, 7) is 3.32. The van der Waals surface area contributed by atoms with Gasteiger partial charge in [0.25, 0.3) is 0 Å². The van der Waals surface area contributed by atoms with E-state index >= 15 is 0 Å². The fourth-order valence-electron chi connectivity index (χ4n) is 2.45. The van der Waals surface area contributed by atoms with Gasteiger partial charge in [0.2, 0.25) is 0 Å². The summed E-state index contributed by atoms with van der Waals surface area (Å²) in [6.07, 6.45) is 5.48. The summed E-state index contributed by atoms with van der Waals surface area (Å²) < 4.78 is 0. The number of nitrogens with one attached hydrogen (secondary N) is 1. The first-order chi connectivity index (χ1) is 6.88. The van der Waals surface area contributed by atoms with E-state index in [1.54, 1.807) is 4.88 Å². The van der Waals surface area contributed by atoms with E-state index < -0.39 is 0 Å². The van der Waals surface area contributed by atoms with Gasteiger partial charge >= 0.3 is 0 Å². The van der Waals surface area contributed by atoms with E-state index in [1.165, 1.54) is 25.7 Å². The Morgan fingerprint density at radius 3 is 3.14 bits per heavy atom. The molecule has 14 heavy (non-hydrogen) atoms. The van der Waals surface area contributed by atoms with Gasteiger partial charge in [-0.15, -0.1) is 11.3 Å². The van der Waals surface area contributed by atoms with E-state index in [1.807, 2.05) is 11.3 Å². The van der Waals surface area contributed by atoms with Gasteiger partial charge in [0, 0.05) is 10.9 Å². The highest BCUT2D eigenvalue weighted by atomic mass is 32.1. The lowest BCUT2D eigenvalue weighted by atomic mass is 10.0. The third-order valence-corrected chi connectivity index (χ3v) is 4.00. The van der Waals surface area contributed by atoms with E-state index in [0.717, 1.165) is 18.5 Å². The summed E-state index contributed by atoms with van der Waals surface area (Å²) in [4.78, 5) is 1.56. The van der Waals surface area contributed by atoms with Crippen LogP contribution in [0.4, 0.5) is 0 Å². The molecule has 0 bridgehead atoms. The Hall–Kier alpha value is -0.340. The van der Waals surface area contributed by atoms with Gasteiger partial charge in [0.15, 0.2) is 0 Å². The number of rotatable bonds is 4. The maximum absolute atomic E-state index is 3.56. The van der Waals surface area contributed by atoms with E-state index in [2.05, 4.69) is 29.8 Å². The van der Waals surface area contributed by atoms with Crippen LogP contribution in [0.15, 0.2) is 17.5 Å². The van der Waals surface area contributed by atoms with Gasteiger partial charge in [0.05, 0.1) is 0 Å². The molecule has 1 heterocycles. The smallest absolute Gasteiger partial charge is 0.00698 e. The standard InChI is InChI=1S/C12H19NS/c1-2-13-11-6-5-10(8-11)9-12-4-3-7-14-12/h3-4,7,10-11,13H,2,5-6,8-9H2,1H3. The lowest BCUT2D eigenvalue weighted by Gasteiger charge is -2.10. The van der Waals surface area contributed by atoms with Crippen LogP contribution in [0.5, 0.6) is 0 Å². The highest BCUT2D eigenvalue weighted by Gasteiger charge is 2.23. The van der Waals surface area contributed by atoms with Crippen LogP contribution in [0, 0.1) is 5.92 Å². The lowest BCUT2D eigenvalue weighted by molar-refractivity contribution is 0.495.